The molecule has 0 fully saturated rings. The fourth-order valence-electron chi connectivity index (χ4n) is 2.29. The van der Waals surface area contributed by atoms with Crippen molar-refractivity contribution in [1.29, 1.82) is 0 Å². The third-order valence-corrected chi connectivity index (χ3v) is 3.51. The van der Waals surface area contributed by atoms with Gasteiger partial charge >= 0.3 is 5.97 Å². The van der Waals surface area contributed by atoms with Crippen LogP contribution in [0, 0.1) is 5.82 Å². The van der Waals surface area contributed by atoms with Crippen LogP contribution in [0.2, 0.25) is 0 Å². The van der Waals surface area contributed by atoms with Gasteiger partial charge in [-0.3, -0.25) is 4.79 Å². The summed E-state index contributed by atoms with van der Waals surface area (Å²) in [4.78, 5) is 23.8. The van der Waals surface area contributed by atoms with E-state index in [1.54, 1.807) is 37.3 Å². The van der Waals surface area contributed by atoms with Crippen molar-refractivity contribution in [2.45, 2.75) is 19.8 Å². The van der Waals surface area contributed by atoms with Gasteiger partial charge in [-0.15, -0.1) is 0 Å². The number of nitrogens with one attached hydrogen (secondary N) is 1. The fourth-order valence-corrected chi connectivity index (χ4v) is 2.29. The minimum atomic E-state index is -0.456. The number of carbonyl (C=O) groups is 2. The molecular weight excluding hydrogens is 325 g/mol. The highest BCUT2D eigenvalue weighted by Crippen LogP contribution is 2.19. The van der Waals surface area contributed by atoms with Gasteiger partial charge < -0.3 is 14.8 Å². The molecule has 0 heterocycles. The highest BCUT2D eigenvalue weighted by Gasteiger charge is 2.09. The van der Waals surface area contributed by atoms with Crippen LogP contribution >= 0.6 is 0 Å². The van der Waals surface area contributed by atoms with E-state index in [-0.39, 0.29) is 24.7 Å². The lowest BCUT2D eigenvalue weighted by Gasteiger charge is -2.08. The number of esters is 1. The maximum Gasteiger partial charge on any atom is 0.338 e. The van der Waals surface area contributed by atoms with Gasteiger partial charge in [0.25, 0.3) is 0 Å². The second-order valence-electron chi connectivity index (χ2n) is 5.32. The number of benzene rings is 2. The van der Waals surface area contributed by atoms with Crippen LogP contribution in [0.3, 0.4) is 0 Å². The van der Waals surface area contributed by atoms with Crippen molar-refractivity contribution in [3.8, 4) is 5.75 Å². The highest BCUT2D eigenvalue weighted by atomic mass is 19.1. The lowest BCUT2D eigenvalue weighted by atomic mass is 10.1. The van der Waals surface area contributed by atoms with Crippen LogP contribution in [-0.2, 0) is 16.0 Å². The number of rotatable bonds is 7. The number of carbonyl (C=O) groups excluding carboxylic acids is 2. The van der Waals surface area contributed by atoms with Gasteiger partial charge in [0.1, 0.15) is 0 Å². The van der Waals surface area contributed by atoms with Crippen molar-refractivity contribution in [3.05, 3.63) is 59.4 Å². The Balaban J connectivity index is 1.93. The van der Waals surface area contributed by atoms with E-state index in [0.29, 0.717) is 23.2 Å². The smallest absolute Gasteiger partial charge is 0.338 e. The molecule has 2 aromatic rings. The average Bonchev–Trinajstić information content (AvgIpc) is 2.60. The zero-order valence-electron chi connectivity index (χ0n) is 14.2. The molecule has 0 spiro atoms. The van der Waals surface area contributed by atoms with E-state index < -0.39 is 11.8 Å². The first kappa shape index (κ1) is 18.4. The minimum Gasteiger partial charge on any atom is -0.494 e. The third kappa shape index (κ3) is 5.31. The van der Waals surface area contributed by atoms with Crippen molar-refractivity contribution in [1.82, 2.24) is 0 Å². The molecule has 0 atom stereocenters. The van der Waals surface area contributed by atoms with E-state index in [9.17, 15) is 14.0 Å². The Morgan fingerprint density at radius 2 is 1.96 bits per heavy atom. The predicted molar refractivity (Wildman–Crippen MR) is 92.3 cm³/mol. The lowest BCUT2D eigenvalue weighted by Crippen LogP contribution is -2.13. The Kier molecular flexibility index (Phi) is 6.51. The molecule has 6 heteroatoms. The Morgan fingerprint density at radius 3 is 2.64 bits per heavy atom. The maximum absolute atomic E-state index is 13.6. The SMILES string of the molecule is CCOC(=O)c1cccc(NC(=O)CCc2ccc(OC)c(F)c2)c1. The number of hydrogen-bond acceptors (Lipinski definition) is 4. The summed E-state index contributed by atoms with van der Waals surface area (Å²) in [6.45, 7) is 2.01. The molecule has 2 rings (SSSR count). The molecule has 25 heavy (non-hydrogen) atoms. The van der Waals surface area contributed by atoms with Gasteiger partial charge in [0, 0.05) is 12.1 Å². The topological polar surface area (TPSA) is 64.6 Å². The first-order chi connectivity index (χ1) is 12.0. The molecular formula is C19H20FNO4. The molecule has 0 unspecified atom stereocenters. The molecule has 0 radical (unpaired) electrons. The normalized spacial score (nSPS) is 10.2. The molecule has 0 bridgehead atoms. The summed E-state index contributed by atoms with van der Waals surface area (Å²) in [5, 5.41) is 2.72. The average molecular weight is 345 g/mol. The van der Waals surface area contributed by atoms with E-state index in [0.717, 1.165) is 0 Å². The van der Waals surface area contributed by atoms with E-state index in [1.807, 2.05) is 0 Å². The van der Waals surface area contributed by atoms with Crippen LogP contribution in [-0.4, -0.2) is 25.6 Å². The molecule has 0 aliphatic carbocycles. The van der Waals surface area contributed by atoms with Gasteiger partial charge in [-0.2, -0.15) is 0 Å². The fraction of sp³-hybridized carbons (Fsp3) is 0.263. The third-order valence-electron chi connectivity index (χ3n) is 3.51. The Labute approximate surface area is 145 Å². The Bertz CT molecular complexity index is 761. The number of aryl methyl sites for hydroxylation is 1. The van der Waals surface area contributed by atoms with Crippen molar-refractivity contribution < 1.29 is 23.5 Å². The standard InChI is InChI=1S/C19H20FNO4/c1-3-25-19(23)14-5-4-6-15(12-14)21-18(22)10-8-13-7-9-17(24-2)16(20)11-13/h4-7,9,11-12H,3,8,10H2,1-2H3,(H,21,22). The quantitative estimate of drug-likeness (QED) is 0.779. The molecule has 0 saturated heterocycles. The predicted octanol–water partition coefficient (Wildman–Crippen LogP) is 3.58. The zero-order chi connectivity index (χ0) is 18.2. The summed E-state index contributed by atoms with van der Waals surface area (Å²) in [7, 11) is 1.40. The van der Waals surface area contributed by atoms with Gasteiger partial charge in [0.15, 0.2) is 11.6 Å². The summed E-state index contributed by atoms with van der Waals surface area (Å²) < 4.78 is 23.4. The summed E-state index contributed by atoms with van der Waals surface area (Å²) in [6.07, 6.45) is 0.583. The summed E-state index contributed by atoms with van der Waals surface area (Å²) in [5.74, 6) is -0.948. The van der Waals surface area contributed by atoms with Crippen LogP contribution in [0.5, 0.6) is 5.75 Å². The number of amides is 1. The van der Waals surface area contributed by atoms with Gasteiger partial charge in [-0.05, 0) is 49.2 Å². The summed E-state index contributed by atoms with van der Waals surface area (Å²) in [6, 6.07) is 11.1. The van der Waals surface area contributed by atoms with E-state index in [4.69, 9.17) is 9.47 Å². The second-order valence-corrected chi connectivity index (χ2v) is 5.32. The summed E-state index contributed by atoms with van der Waals surface area (Å²) in [5.41, 5.74) is 1.59. The van der Waals surface area contributed by atoms with Crippen molar-refractivity contribution in [2.24, 2.45) is 0 Å². The van der Waals surface area contributed by atoms with E-state index >= 15 is 0 Å². The minimum absolute atomic E-state index is 0.170. The van der Waals surface area contributed by atoms with Crippen LogP contribution in [0.4, 0.5) is 10.1 Å². The maximum atomic E-state index is 13.6. The van der Waals surface area contributed by atoms with Crippen LogP contribution in [0.1, 0.15) is 29.3 Å². The first-order valence-corrected chi connectivity index (χ1v) is 7.93. The molecule has 5 nitrogen and oxygen atoms in total. The van der Waals surface area contributed by atoms with Gasteiger partial charge in [0.05, 0.1) is 19.3 Å². The number of methoxy groups -OCH3 is 1. The zero-order valence-corrected chi connectivity index (χ0v) is 14.2. The molecule has 0 aliphatic rings. The van der Waals surface area contributed by atoms with Gasteiger partial charge in [-0.25, -0.2) is 9.18 Å². The largest absolute Gasteiger partial charge is 0.494 e. The van der Waals surface area contributed by atoms with Crippen LogP contribution in [0.15, 0.2) is 42.5 Å². The number of ether oxygens (including phenoxy) is 2. The number of hydrogen-bond donors (Lipinski definition) is 1. The second kappa shape index (κ2) is 8.82. The number of anilines is 1. The molecule has 2 aromatic carbocycles. The Morgan fingerprint density at radius 1 is 1.16 bits per heavy atom. The van der Waals surface area contributed by atoms with Crippen LogP contribution < -0.4 is 10.1 Å². The van der Waals surface area contributed by atoms with Gasteiger partial charge in [0.2, 0.25) is 5.91 Å². The number of halogens is 1. The van der Waals surface area contributed by atoms with E-state index in [1.165, 1.54) is 19.2 Å². The van der Waals surface area contributed by atoms with Crippen molar-refractivity contribution >= 4 is 17.6 Å². The molecule has 0 aliphatic heterocycles. The monoisotopic (exact) mass is 345 g/mol. The summed E-state index contributed by atoms with van der Waals surface area (Å²) >= 11 is 0. The molecule has 1 amide bonds. The molecule has 0 saturated carbocycles. The van der Waals surface area contributed by atoms with E-state index in [2.05, 4.69) is 5.32 Å². The molecule has 132 valence electrons. The molecule has 0 aromatic heterocycles. The lowest BCUT2D eigenvalue weighted by molar-refractivity contribution is -0.116. The van der Waals surface area contributed by atoms with Gasteiger partial charge in [-0.1, -0.05) is 12.1 Å². The molecule has 1 N–H and O–H groups in total. The Hall–Kier alpha value is -2.89. The van der Waals surface area contributed by atoms with Crippen LogP contribution in [0.25, 0.3) is 0 Å². The highest BCUT2D eigenvalue weighted by molar-refractivity contribution is 5.94. The first-order valence-electron chi connectivity index (χ1n) is 7.93. The van der Waals surface area contributed by atoms with Crippen molar-refractivity contribution in [2.75, 3.05) is 19.0 Å². The van der Waals surface area contributed by atoms with Crippen molar-refractivity contribution in [3.63, 3.8) is 0 Å².